The number of hydrogen-bond donors (Lipinski definition) is 1. The Kier molecular flexibility index (Phi) is 5.31. The van der Waals surface area contributed by atoms with Crippen LogP contribution in [0.3, 0.4) is 0 Å². The Labute approximate surface area is 126 Å². The molecule has 100 valence electrons. The molecule has 0 aliphatic rings. The Morgan fingerprint density at radius 3 is 2.74 bits per heavy atom. The van der Waals surface area contributed by atoms with Gasteiger partial charge in [-0.3, -0.25) is 4.79 Å². The zero-order chi connectivity index (χ0) is 13.7. The van der Waals surface area contributed by atoms with Crippen molar-refractivity contribution in [3.05, 3.63) is 52.4 Å². The van der Waals surface area contributed by atoms with Gasteiger partial charge in [-0.2, -0.15) is 0 Å². The van der Waals surface area contributed by atoms with Gasteiger partial charge >= 0.3 is 0 Å². The third-order valence-corrected chi connectivity index (χ3v) is 4.97. The number of carbonyl (C=O) groups is 1. The van der Waals surface area contributed by atoms with Gasteiger partial charge in [-0.25, -0.2) is 0 Å². The van der Waals surface area contributed by atoms with E-state index in [2.05, 4.69) is 5.32 Å². The maximum atomic E-state index is 11.8. The van der Waals surface area contributed by atoms with Crippen molar-refractivity contribution in [3.8, 4) is 0 Å². The van der Waals surface area contributed by atoms with Crippen LogP contribution in [0, 0.1) is 0 Å². The molecule has 1 aromatic carbocycles. The van der Waals surface area contributed by atoms with E-state index in [1.54, 1.807) is 23.1 Å². The van der Waals surface area contributed by atoms with E-state index in [0.29, 0.717) is 10.8 Å². The van der Waals surface area contributed by atoms with Crippen molar-refractivity contribution < 1.29 is 4.79 Å². The van der Waals surface area contributed by atoms with Gasteiger partial charge in [0.25, 0.3) is 0 Å². The van der Waals surface area contributed by atoms with Crippen molar-refractivity contribution in [1.82, 2.24) is 5.32 Å². The molecule has 0 saturated heterocycles. The summed E-state index contributed by atoms with van der Waals surface area (Å²) >= 11 is 9.05. The number of rotatable bonds is 5. The Bertz CT molecular complexity index is 525. The lowest BCUT2D eigenvalue weighted by atomic mass is 10.1. The summed E-state index contributed by atoms with van der Waals surface area (Å²) in [6.07, 6.45) is 0. The molecule has 0 spiro atoms. The predicted molar refractivity (Wildman–Crippen MR) is 83.1 cm³/mol. The van der Waals surface area contributed by atoms with E-state index in [1.807, 2.05) is 48.7 Å². The quantitative estimate of drug-likeness (QED) is 0.831. The lowest BCUT2D eigenvalue weighted by Crippen LogP contribution is -2.28. The number of amides is 1. The standard InChI is InChI=1S/C14H14ClNOS2/c1-10(11-4-6-12(15)7-5-11)16-13(17)9-19-14-3-2-8-18-14/h2-8,10H,9H2,1H3,(H,16,17). The van der Waals surface area contributed by atoms with Crippen molar-refractivity contribution >= 4 is 40.6 Å². The van der Waals surface area contributed by atoms with Gasteiger partial charge in [0.2, 0.25) is 5.91 Å². The Morgan fingerprint density at radius 2 is 2.11 bits per heavy atom. The summed E-state index contributed by atoms with van der Waals surface area (Å²) in [7, 11) is 0. The number of nitrogens with one attached hydrogen (secondary N) is 1. The van der Waals surface area contributed by atoms with Gasteiger partial charge in [-0.15, -0.1) is 23.1 Å². The number of thioether (sulfide) groups is 1. The van der Waals surface area contributed by atoms with Crippen LogP contribution in [0.5, 0.6) is 0 Å². The molecule has 0 radical (unpaired) electrons. The largest absolute Gasteiger partial charge is 0.349 e. The molecule has 5 heteroatoms. The average Bonchev–Trinajstić information content (AvgIpc) is 2.90. The van der Waals surface area contributed by atoms with Crippen molar-refractivity contribution in [2.45, 2.75) is 17.2 Å². The zero-order valence-corrected chi connectivity index (χ0v) is 12.8. The smallest absolute Gasteiger partial charge is 0.230 e. The van der Waals surface area contributed by atoms with Crippen LogP contribution in [-0.4, -0.2) is 11.7 Å². The van der Waals surface area contributed by atoms with E-state index in [4.69, 9.17) is 11.6 Å². The summed E-state index contributed by atoms with van der Waals surface area (Å²) in [5.74, 6) is 0.485. The van der Waals surface area contributed by atoms with Crippen LogP contribution in [0.4, 0.5) is 0 Å². The minimum absolute atomic E-state index is 0.00583. The number of carbonyl (C=O) groups excluding carboxylic acids is 1. The topological polar surface area (TPSA) is 29.1 Å². The van der Waals surface area contributed by atoms with Crippen LogP contribution in [0.15, 0.2) is 46.0 Å². The predicted octanol–water partition coefficient (Wildman–Crippen LogP) is 4.37. The molecule has 1 N–H and O–H groups in total. The summed E-state index contributed by atoms with van der Waals surface area (Å²) in [5, 5.41) is 5.69. The Hall–Kier alpha value is -0.970. The first-order valence-corrected chi connectivity index (χ1v) is 8.10. The Balaban J connectivity index is 1.83. The average molecular weight is 312 g/mol. The molecule has 2 rings (SSSR count). The van der Waals surface area contributed by atoms with Crippen molar-refractivity contribution in [2.24, 2.45) is 0 Å². The SMILES string of the molecule is CC(NC(=O)CSc1cccs1)c1ccc(Cl)cc1. The number of thiophene rings is 1. The molecular formula is C14H14ClNOS2. The second-order valence-corrected chi connectivity index (χ2v) is 6.72. The zero-order valence-electron chi connectivity index (χ0n) is 10.4. The first kappa shape index (κ1) is 14.4. The van der Waals surface area contributed by atoms with Gasteiger partial charge < -0.3 is 5.32 Å². The summed E-state index contributed by atoms with van der Waals surface area (Å²) in [4.78, 5) is 11.8. The highest BCUT2D eigenvalue weighted by Crippen LogP contribution is 2.23. The van der Waals surface area contributed by atoms with E-state index in [-0.39, 0.29) is 11.9 Å². The number of benzene rings is 1. The van der Waals surface area contributed by atoms with Gasteiger partial charge in [-0.05, 0) is 36.1 Å². The van der Waals surface area contributed by atoms with Gasteiger partial charge in [-0.1, -0.05) is 29.8 Å². The summed E-state index contributed by atoms with van der Waals surface area (Å²) in [6, 6.07) is 11.5. The van der Waals surface area contributed by atoms with Gasteiger partial charge in [0, 0.05) is 5.02 Å². The minimum atomic E-state index is -0.00583. The molecular weight excluding hydrogens is 298 g/mol. The van der Waals surface area contributed by atoms with Crippen LogP contribution in [0.2, 0.25) is 5.02 Å². The van der Waals surface area contributed by atoms with Crippen molar-refractivity contribution in [2.75, 3.05) is 5.75 Å². The molecule has 0 aliphatic carbocycles. The summed E-state index contributed by atoms with van der Waals surface area (Å²) in [6.45, 7) is 1.97. The third kappa shape index (κ3) is 4.56. The van der Waals surface area contributed by atoms with Crippen molar-refractivity contribution in [1.29, 1.82) is 0 Å². The fourth-order valence-electron chi connectivity index (χ4n) is 1.60. The van der Waals surface area contributed by atoms with Gasteiger partial charge in [0.15, 0.2) is 0 Å². The monoisotopic (exact) mass is 311 g/mol. The second-order valence-electron chi connectivity index (χ2n) is 4.06. The van der Waals surface area contributed by atoms with E-state index >= 15 is 0 Å². The fraction of sp³-hybridized carbons (Fsp3) is 0.214. The van der Waals surface area contributed by atoms with Crippen LogP contribution in [0.25, 0.3) is 0 Å². The fourth-order valence-corrected chi connectivity index (χ4v) is 3.32. The normalized spacial score (nSPS) is 12.1. The van der Waals surface area contributed by atoms with Gasteiger partial charge in [0.1, 0.15) is 0 Å². The maximum absolute atomic E-state index is 11.8. The molecule has 1 atom stereocenters. The van der Waals surface area contributed by atoms with Crippen molar-refractivity contribution in [3.63, 3.8) is 0 Å². The van der Waals surface area contributed by atoms with Crippen LogP contribution in [-0.2, 0) is 4.79 Å². The molecule has 1 aromatic heterocycles. The first-order valence-electron chi connectivity index (χ1n) is 5.86. The molecule has 0 saturated carbocycles. The summed E-state index contributed by atoms with van der Waals surface area (Å²) in [5.41, 5.74) is 1.05. The van der Waals surface area contributed by atoms with E-state index < -0.39 is 0 Å². The molecule has 1 amide bonds. The third-order valence-electron chi connectivity index (χ3n) is 2.59. The van der Waals surface area contributed by atoms with Crippen LogP contribution < -0.4 is 5.32 Å². The highest BCUT2D eigenvalue weighted by molar-refractivity contribution is 8.01. The molecule has 1 heterocycles. The van der Waals surface area contributed by atoms with E-state index in [0.717, 1.165) is 9.77 Å². The van der Waals surface area contributed by atoms with Crippen LogP contribution >= 0.6 is 34.7 Å². The molecule has 19 heavy (non-hydrogen) atoms. The van der Waals surface area contributed by atoms with Crippen LogP contribution in [0.1, 0.15) is 18.5 Å². The van der Waals surface area contributed by atoms with E-state index in [9.17, 15) is 4.79 Å². The summed E-state index contributed by atoms with van der Waals surface area (Å²) < 4.78 is 1.16. The lowest BCUT2D eigenvalue weighted by molar-refractivity contribution is -0.119. The highest BCUT2D eigenvalue weighted by atomic mass is 35.5. The lowest BCUT2D eigenvalue weighted by Gasteiger charge is -2.14. The molecule has 0 aliphatic heterocycles. The molecule has 0 fully saturated rings. The van der Waals surface area contributed by atoms with E-state index in [1.165, 1.54) is 0 Å². The second kappa shape index (κ2) is 6.98. The van der Waals surface area contributed by atoms with Gasteiger partial charge in [0.05, 0.1) is 16.0 Å². The Morgan fingerprint density at radius 1 is 1.37 bits per heavy atom. The number of halogens is 1. The number of hydrogen-bond acceptors (Lipinski definition) is 3. The molecule has 2 nitrogen and oxygen atoms in total. The first-order chi connectivity index (χ1) is 9.15. The highest BCUT2D eigenvalue weighted by Gasteiger charge is 2.10. The minimum Gasteiger partial charge on any atom is -0.349 e. The maximum Gasteiger partial charge on any atom is 0.230 e. The molecule has 1 unspecified atom stereocenters. The molecule has 2 aromatic rings. The molecule has 0 bridgehead atoms.